The van der Waals surface area contributed by atoms with Gasteiger partial charge in [0.05, 0.1) is 11.5 Å². The molecular weight excluding hydrogens is 288 g/mol. The van der Waals surface area contributed by atoms with Gasteiger partial charge in [-0.2, -0.15) is 4.31 Å². The molecule has 1 saturated carbocycles. The maximum absolute atomic E-state index is 12.6. The number of aromatic nitrogens is 1. The molecule has 1 aromatic heterocycles. The second kappa shape index (κ2) is 5.74. The second-order valence-corrected chi connectivity index (χ2v) is 8.42. The van der Waals surface area contributed by atoms with Gasteiger partial charge in [-0.1, -0.05) is 19.3 Å². The van der Waals surface area contributed by atoms with E-state index in [1.807, 2.05) is 0 Å². The molecule has 0 atom stereocenters. The molecule has 1 aliphatic heterocycles. The molecule has 1 aliphatic carbocycles. The highest BCUT2D eigenvalue weighted by molar-refractivity contribution is 7.89. The van der Waals surface area contributed by atoms with Crippen molar-refractivity contribution < 1.29 is 13.5 Å². The summed E-state index contributed by atoms with van der Waals surface area (Å²) >= 11 is 0. The predicted molar refractivity (Wildman–Crippen MR) is 80.2 cm³/mol. The van der Waals surface area contributed by atoms with Crippen LogP contribution in [0.4, 0.5) is 0 Å². The van der Waals surface area contributed by atoms with Crippen LogP contribution < -0.4 is 0 Å². The highest BCUT2D eigenvalue weighted by atomic mass is 32.2. The first-order chi connectivity index (χ1) is 10.1. The van der Waals surface area contributed by atoms with Crippen LogP contribution in [0.1, 0.15) is 50.6 Å². The third kappa shape index (κ3) is 2.89. The maximum Gasteiger partial charge on any atom is 0.244 e. The summed E-state index contributed by atoms with van der Waals surface area (Å²) in [7, 11) is -3.42. The molecule has 1 aromatic rings. The quantitative estimate of drug-likeness (QED) is 0.899. The van der Waals surface area contributed by atoms with Gasteiger partial charge in [-0.25, -0.2) is 8.42 Å². The molecular formula is C15H24N2O3S. The van der Waals surface area contributed by atoms with Crippen LogP contribution in [0.3, 0.4) is 0 Å². The topological polar surface area (TPSA) is 73.4 Å². The Labute approximate surface area is 126 Å². The lowest BCUT2D eigenvalue weighted by molar-refractivity contribution is 0.102. The first-order valence-electron chi connectivity index (χ1n) is 7.84. The number of piperidine rings is 1. The van der Waals surface area contributed by atoms with Crippen LogP contribution in [0, 0.1) is 5.41 Å². The van der Waals surface area contributed by atoms with E-state index < -0.39 is 10.0 Å². The molecule has 5 nitrogen and oxygen atoms in total. The Bertz CT molecular complexity index is 578. The Balaban J connectivity index is 1.70. The molecule has 2 N–H and O–H groups in total. The molecule has 0 amide bonds. The molecule has 1 spiro atoms. The second-order valence-electron chi connectivity index (χ2n) is 6.48. The Hall–Kier alpha value is -0.850. The molecule has 0 bridgehead atoms. The Morgan fingerprint density at radius 2 is 1.81 bits per heavy atom. The third-order valence-corrected chi connectivity index (χ3v) is 7.10. The first kappa shape index (κ1) is 15.1. The summed E-state index contributed by atoms with van der Waals surface area (Å²) in [5.74, 6) is 0. The highest BCUT2D eigenvalue weighted by Crippen LogP contribution is 2.45. The van der Waals surface area contributed by atoms with Crippen molar-refractivity contribution in [2.75, 3.05) is 13.1 Å². The van der Waals surface area contributed by atoms with Crippen molar-refractivity contribution in [1.82, 2.24) is 9.29 Å². The average Bonchev–Trinajstić information content (AvgIpc) is 2.98. The number of hydrogen-bond donors (Lipinski definition) is 2. The van der Waals surface area contributed by atoms with Gasteiger partial charge in [0.25, 0.3) is 0 Å². The summed E-state index contributed by atoms with van der Waals surface area (Å²) in [4.78, 5) is 3.07. The standard InChI is InChI=1S/C15H24N2O3S/c18-12-13-10-14(11-16-13)21(19,20)17-8-6-15(7-9-17)4-2-1-3-5-15/h10-11,16,18H,1-9,12H2. The molecule has 2 fully saturated rings. The number of aliphatic hydroxyl groups is 1. The zero-order valence-corrected chi connectivity index (χ0v) is 13.2. The summed E-state index contributed by atoms with van der Waals surface area (Å²) in [5, 5.41) is 9.05. The number of nitrogens with zero attached hydrogens (tertiary/aromatic N) is 1. The highest BCUT2D eigenvalue weighted by Gasteiger charge is 2.39. The van der Waals surface area contributed by atoms with Gasteiger partial charge in [-0.3, -0.25) is 0 Å². The number of hydrogen-bond acceptors (Lipinski definition) is 3. The van der Waals surface area contributed by atoms with Crippen molar-refractivity contribution in [3.63, 3.8) is 0 Å². The van der Waals surface area contributed by atoms with Crippen LogP contribution in [-0.2, 0) is 16.6 Å². The van der Waals surface area contributed by atoms with Gasteiger partial charge in [0.2, 0.25) is 10.0 Å². The number of sulfonamides is 1. The van der Waals surface area contributed by atoms with E-state index in [9.17, 15) is 8.42 Å². The Kier molecular flexibility index (Phi) is 4.12. The van der Waals surface area contributed by atoms with Crippen molar-refractivity contribution in [2.45, 2.75) is 56.4 Å². The van der Waals surface area contributed by atoms with Gasteiger partial charge in [-0.15, -0.1) is 0 Å². The summed E-state index contributed by atoms with van der Waals surface area (Å²) in [6.07, 6.45) is 9.91. The van der Waals surface area contributed by atoms with Crippen LogP contribution in [0.25, 0.3) is 0 Å². The van der Waals surface area contributed by atoms with E-state index in [2.05, 4.69) is 4.98 Å². The van der Waals surface area contributed by atoms with E-state index in [0.717, 1.165) is 12.8 Å². The van der Waals surface area contributed by atoms with Gasteiger partial charge in [0.1, 0.15) is 0 Å². The number of aliphatic hydroxyl groups excluding tert-OH is 1. The molecule has 118 valence electrons. The lowest BCUT2D eigenvalue weighted by atomic mass is 9.68. The number of H-pyrrole nitrogens is 1. The van der Waals surface area contributed by atoms with E-state index in [1.165, 1.54) is 44.4 Å². The summed E-state index contributed by atoms with van der Waals surface area (Å²) in [5.41, 5.74) is 0.938. The smallest absolute Gasteiger partial charge is 0.244 e. The number of rotatable bonds is 3. The van der Waals surface area contributed by atoms with Gasteiger partial charge in [0.15, 0.2) is 0 Å². The normalized spacial score (nSPS) is 23.5. The monoisotopic (exact) mass is 312 g/mol. The lowest BCUT2D eigenvalue weighted by Crippen LogP contribution is -2.43. The summed E-state index contributed by atoms with van der Waals surface area (Å²) < 4.78 is 26.8. The van der Waals surface area contributed by atoms with Crippen molar-refractivity contribution in [1.29, 1.82) is 0 Å². The molecule has 21 heavy (non-hydrogen) atoms. The fourth-order valence-corrected chi connectivity index (χ4v) is 5.27. The van der Waals surface area contributed by atoms with Crippen molar-refractivity contribution >= 4 is 10.0 Å². The molecule has 6 heteroatoms. The molecule has 0 radical (unpaired) electrons. The van der Waals surface area contributed by atoms with Crippen molar-refractivity contribution in [3.05, 3.63) is 18.0 Å². The maximum atomic E-state index is 12.6. The van der Waals surface area contributed by atoms with Gasteiger partial charge >= 0.3 is 0 Å². The SMILES string of the molecule is O=S(=O)(c1c[nH]c(CO)c1)N1CCC2(CCCCC2)CC1. The summed E-state index contributed by atoms with van der Waals surface area (Å²) in [6, 6.07) is 1.53. The molecule has 1 saturated heterocycles. The molecule has 0 unspecified atom stereocenters. The van der Waals surface area contributed by atoms with Crippen LogP contribution in [0.5, 0.6) is 0 Å². The molecule has 2 aliphatic rings. The minimum atomic E-state index is -3.42. The number of aromatic amines is 1. The summed E-state index contributed by atoms with van der Waals surface area (Å²) in [6.45, 7) is 1.09. The molecule has 0 aromatic carbocycles. The van der Waals surface area contributed by atoms with Crippen LogP contribution >= 0.6 is 0 Å². The van der Waals surface area contributed by atoms with E-state index in [-0.39, 0.29) is 11.5 Å². The van der Waals surface area contributed by atoms with Crippen molar-refractivity contribution in [3.8, 4) is 0 Å². The molecule has 2 heterocycles. The van der Waals surface area contributed by atoms with Crippen LogP contribution in [-0.4, -0.2) is 35.9 Å². The zero-order chi connectivity index (χ0) is 14.9. The fourth-order valence-electron chi connectivity index (χ4n) is 3.81. The van der Waals surface area contributed by atoms with Crippen molar-refractivity contribution in [2.24, 2.45) is 5.41 Å². The van der Waals surface area contributed by atoms with E-state index in [4.69, 9.17) is 5.11 Å². The average molecular weight is 312 g/mol. The van der Waals surface area contributed by atoms with E-state index in [0.29, 0.717) is 24.2 Å². The largest absolute Gasteiger partial charge is 0.390 e. The van der Waals surface area contributed by atoms with E-state index in [1.54, 1.807) is 4.31 Å². The van der Waals surface area contributed by atoms with Crippen LogP contribution in [0.2, 0.25) is 0 Å². The lowest BCUT2D eigenvalue weighted by Gasteiger charge is -2.43. The Morgan fingerprint density at radius 1 is 1.14 bits per heavy atom. The van der Waals surface area contributed by atoms with Gasteiger partial charge in [-0.05, 0) is 37.2 Å². The van der Waals surface area contributed by atoms with Crippen LogP contribution in [0.15, 0.2) is 17.2 Å². The first-order valence-corrected chi connectivity index (χ1v) is 9.28. The fraction of sp³-hybridized carbons (Fsp3) is 0.733. The van der Waals surface area contributed by atoms with Gasteiger partial charge in [0, 0.05) is 25.0 Å². The number of nitrogens with one attached hydrogen (secondary N) is 1. The zero-order valence-electron chi connectivity index (χ0n) is 12.3. The van der Waals surface area contributed by atoms with E-state index >= 15 is 0 Å². The Morgan fingerprint density at radius 3 is 2.38 bits per heavy atom. The van der Waals surface area contributed by atoms with Gasteiger partial charge < -0.3 is 10.1 Å². The minimum absolute atomic E-state index is 0.168. The predicted octanol–water partition coefficient (Wildman–Crippen LogP) is 2.24. The minimum Gasteiger partial charge on any atom is -0.390 e. The molecule has 3 rings (SSSR count). The third-order valence-electron chi connectivity index (χ3n) is 5.22.